The molecule has 0 aliphatic heterocycles. The molecule has 1 aliphatic rings. The van der Waals surface area contributed by atoms with E-state index in [4.69, 9.17) is 0 Å². The summed E-state index contributed by atoms with van der Waals surface area (Å²) in [5.74, 6) is -0.574. The number of nitrogens with zero attached hydrogens (tertiary/aromatic N) is 1. The zero-order valence-electron chi connectivity index (χ0n) is 7.71. The summed E-state index contributed by atoms with van der Waals surface area (Å²) >= 11 is 3.85. The average Bonchev–Trinajstić information content (AvgIpc) is 2.06. The SMILES string of the molecule is CC1CC(C(F)(F)F)=CC([N+](=O)[O-])=C1S. The number of nitro groups is 1. The fourth-order valence-electron chi connectivity index (χ4n) is 1.32. The zero-order valence-corrected chi connectivity index (χ0v) is 8.60. The maximum Gasteiger partial charge on any atom is 0.412 e. The fourth-order valence-corrected chi connectivity index (χ4v) is 1.56. The molecule has 0 amide bonds. The van der Waals surface area contributed by atoms with Crippen LogP contribution in [-0.2, 0) is 0 Å². The van der Waals surface area contributed by atoms with E-state index in [1.165, 1.54) is 6.92 Å². The first-order valence-electron chi connectivity index (χ1n) is 4.08. The molecule has 0 aromatic rings. The summed E-state index contributed by atoms with van der Waals surface area (Å²) in [7, 11) is 0. The Kier molecular flexibility index (Phi) is 3.13. The second kappa shape index (κ2) is 3.88. The summed E-state index contributed by atoms with van der Waals surface area (Å²) in [4.78, 5) is 9.72. The van der Waals surface area contributed by atoms with Gasteiger partial charge in [-0.3, -0.25) is 10.1 Å². The van der Waals surface area contributed by atoms with Crippen LogP contribution in [0, 0.1) is 16.0 Å². The molecule has 1 atom stereocenters. The summed E-state index contributed by atoms with van der Waals surface area (Å²) < 4.78 is 37.0. The van der Waals surface area contributed by atoms with Gasteiger partial charge in [-0.2, -0.15) is 13.2 Å². The molecule has 0 fully saturated rings. The highest BCUT2D eigenvalue weighted by Gasteiger charge is 2.39. The van der Waals surface area contributed by atoms with Crippen LogP contribution in [0.15, 0.2) is 22.3 Å². The molecule has 0 bridgehead atoms. The number of thiol groups is 1. The first-order chi connectivity index (χ1) is 6.73. The van der Waals surface area contributed by atoms with Gasteiger partial charge in [0.1, 0.15) is 0 Å². The van der Waals surface area contributed by atoms with Crippen molar-refractivity contribution in [2.75, 3.05) is 0 Å². The van der Waals surface area contributed by atoms with Crippen LogP contribution in [0.25, 0.3) is 0 Å². The summed E-state index contributed by atoms with van der Waals surface area (Å²) in [6.45, 7) is 1.48. The minimum Gasteiger partial charge on any atom is -0.258 e. The number of alkyl halides is 3. The largest absolute Gasteiger partial charge is 0.412 e. The molecule has 15 heavy (non-hydrogen) atoms. The van der Waals surface area contributed by atoms with Gasteiger partial charge < -0.3 is 0 Å². The van der Waals surface area contributed by atoms with Crippen LogP contribution in [0.4, 0.5) is 13.2 Å². The van der Waals surface area contributed by atoms with Crippen LogP contribution in [0.5, 0.6) is 0 Å². The number of rotatable bonds is 1. The van der Waals surface area contributed by atoms with Crippen LogP contribution in [0.2, 0.25) is 0 Å². The molecule has 0 spiro atoms. The van der Waals surface area contributed by atoms with Gasteiger partial charge in [0.25, 0.3) is 5.70 Å². The Morgan fingerprint density at radius 1 is 1.60 bits per heavy atom. The smallest absolute Gasteiger partial charge is 0.258 e. The van der Waals surface area contributed by atoms with Crippen LogP contribution < -0.4 is 0 Å². The Balaban J connectivity index is 3.18. The molecule has 84 valence electrons. The molecular weight excluding hydrogens is 231 g/mol. The molecule has 0 N–H and O–H groups in total. The van der Waals surface area contributed by atoms with E-state index in [-0.39, 0.29) is 11.3 Å². The van der Waals surface area contributed by atoms with Crippen LogP contribution in [0.3, 0.4) is 0 Å². The lowest BCUT2D eigenvalue weighted by atomic mass is 9.93. The minimum atomic E-state index is -4.51. The van der Waals surface area contributed by atoms with E-state index >= 15 is 0 Å². The highest BCUT2D eigenvalue weighted by Crippen LogP contribution is 2.39. The van der Waals surface area contributed by atoms with E-state index in [1.807, 2.05) is 0 Å². The molecule has 0 saturated carbocycles. The number of halogens is 3. The molecular formula is C8H8F3NO2S. The Labute approximate surface area is 89.2 Å². The summed E-state index contributed by atoms with van der Waals surface area (Å²) in [6, 6.07) is 0. The van der Waals surface area contributed by atoms with Crippen molar-refractivity contribution >= 4 is 12.6 Å². The van der Waals surface area contributed by atoms with Crippen molar-refractivity contribution in [3.8, 4) is 0 Å². The van der Waals surface area contributed by atoms with E-state index < -0.39 is 28.3 Å². The van der Waals surface area contributed by atoms with Gasteiger partial charge in [0, 0.05) is 11.6 Å². The maximum absolute atomic E-state index is 12.3. The first-order valence-corrected chi connectivity index (χ1v) is 4.53. The van der Waals surface area contributed by atoms with Crippen molar-refractivity contribution in [1.29, 1.82) is 0 Å². The molecule has 0 heterocycles. The monoisotopic (exact) mass is 239 g/mol. The quantitative estimate of drug-likeness (QED) is 0.434. The van der Waals surface area contributed by atoms with Gasteiger partial charge in [0.15, 0.2) is 0 Å². The van der Waals surface area contributed by atoms with E-state index in [1.54, 1.807) is 0 Å². The van der Waals surface area contributed by atoms with Gasteiger partial charge >= 0.3 is 6.18 Å². The standard InChI is InChI=1S/C8H8F3NO2S/c1-4-2-5(8(9,10)11)3-6(7(4)15)12(13)14/h3-4,15H,2H2,1H3. The average molecular weight is 239 g/mol. The number of hydrogen-bond donors (Lipinski definition) is 1. The molecule has 0 aromatic carbocycles. The third kappa shape index (κ3) is 2.53. The molecule has 0 radical (unpaired) electrons. The van der Waals surface area contributed by atoms with Crippen molar-refractivity contribution in [3.05, 3.63) is 32.4 Å². The van der Waals surface area contributed by atoms with E-state index in [9.17, 15) is 23.3 Å². The Morgan fingerprint density at radius 3 is 2.53 bits per heavy atom. The lowest BCUT2D eigenvalue weighted by molar-refractivity contribution is -0.420. The number of allylic oxidation sites excluding steroid dienone is 3. The summed E-state index contributed by atoms with van der Waals surface area (Å²) in [5, 5.41) is 10.5. The van der Waals surface area contributed by atoms with Crippen molar-refractivity contribution < 1.29 is 18.1 Å². The summed E-state index contributed by atoms with van der Waals surface area (Å²) in [6.07, 6.45) is -4.22. The zero-order chi connectivity index (χ0) is 11.8. The van der Waals surface area contributed by atoms with E-state index in [0.717, 1.165) is 0 Å². The molecule has 1 rings (SSSR count). The Bertz CT molecular complexity index is 359. The predicted molar refractivity (Wildman–Crippen MR) is 50.9 cm³/mol. The molecule has 1 aliphatic carbocycles. The first kappa shape index (κ1) is 12.1. The lowest BCUT2D eigenvalue weighted by Crippen LogP contribution is -2.20. The third-order valence-electron chi connectivity index (χ3n) is 2.13. The predicted octanol–water partition coefficient (Wildman–Crippen LogP) is 2.93. The van der Waals surface area contributed by atoms with Crippen molar-refractivity contribution in [3.63, 3.8) is 0 Å². The van der Waals surface area contributed by atoms with E-state index in [2.05, 4.69) is 12.6 Å². The Hall–Kier alpha value is -0.980. The maximum atomic E-state index is 12.3. The van der Waals surface area contributed by atoms with Crippen LogP contribution in [0.1, 0.15) is 13.3 Å². The van der Waals surface area contributed by atoms with Gasteiger partial charge in [-0.15, -0.1) is 12.6 Å². The highest BCUT2D eigenvalue weighted by atomic mass is 32.1. The number of hydrogen-bond acceptors (Lipinski definition) is 3. The molecule has 0 saturated heterocycles. The van der Waals surface area contributed by atoms with Crippen molar-refractivity contribution in [2.24, 2.45) is 5.92 Å². The van der Waals surface area contributed by atoms with Crippen molar-refractivity contribution in [1.82, 2.24) is 0 Å². The third-order valence-corrected chi connectivity index (χ3v) is 2.80. The molecule has 1 unspecified atom stereocenters. The normalized spacial score (nSPS) is 22.7. The van der Waals surface area contributed by atoms with Gasteiger partial charge in [-0.1, -0.05) is 6.92 Å². The van der Waals surface area contributed by atoms with Gasteiger partial charge in [-0.05, 0) is 12.3 Å². The molecule has 0 aromatic heterocycles. The van der Waals surface area contributed by atoms with Gasteiger partial charge in [0.05, 0.1) is 9.83 Å². The highest BCUT2D eigenvalue weighted by molar-refractivity contribution is 7.84. The van der Waals surface area contributed by atoms with E-state index in [0.29, 0.717) is 6.08 Å². The lowest BCUT2D eigenvalue weighted by Gasteiger charge is -2.20. The van der Waals surface area contributed by atoms with Crippen LogP contribution in [-0.4, -0.2) is 11.1 Å². The molecule has 3 nitrogen and oxygen atoms in total. The second-order valence-electron chi connectivity index (χ2n) is 3.30. The fraction of sp³-hybridized carbons (Fsp3) is 0.500. The second-order valence-corrected chi connectivity index (χ2v) is 3.78. The van der Waals surface area contributed by atoms with Crippen molar-refractivity contribution in [2.45, 2.75) is 19.5 Å². The van der Waals surface area contributed by atoms with Gasteiger partial charge in [-0.25, -0.2) is 0 Å². The topological polar surface area (TPSA) is 43.1 Å². The van der Waals surface area contributed by atoms with Crippen LogP contribution >= 0.6 is 12.6 Å². The van der Waals surface area contributed by atoms with Gasteiger partial charge in [0.2, 0.25) is 0 Å². The summed E-state index contributed by atoms with van der Waals surface area (Å²) in [5.41, 5.74) is -1.44. The Morgan fingerprint density at radius 2 is 2.13 bits per heavy atom. The molecule has 7 heteroatoms. The minimum absolute atomic E-state index is 0.0907.